The van der Waals surface area contributed by atoms with E-state index in [-0.39, 0.29) is 28.1 Å². The van der Waals surface area contributed by atoms with Crippen molar-refractivity contribution in [1.29, 1.82) is 0 Å². The summed E-state index contributed by atoms with van der Waals surface area (Å²) in [4.78, 5) is 12.7. The van der Waals surface area contributed by atoms with Gasteiger partial charge in [-0.25, -0.2) is 12.8 Å². The lowest BCUT2D eigenvalue weighted by molar-refractivity contribution is 0.0931. The Morgan fingerprint density at radius 2 is 1.50 bits per heavy atom. The van der Waals surface area contributed by atoms with Gasteiger partial charge in [-0.3, -0.25) is 9.52 Å². The fraction of sp³-hybridized carbons (Fsp3) is 0.381. The molecule has 1 amide bonds. The fourth-order valence-corrected chi connectivity index (χ4v) is 4.53. The summed E-state index contributed by atoms with van der Waals surface area (Å²) in [5.41, 5.74) is 0.477. The van der Waals surface area contributed by atoms with Crippen molar-refractivity contribution in [1.82, 2.24) is 5.32 Å². The molecule has 28 heavy (non-hydrogen) atoms. The van der Waals surface area contributed by atoms with Gasteiger partial charge in [0.2, 0.25) is 0 Å². The van der Waals surface area contributed by atoms with E-state index in [1.54, 1.807) is 24.3 Å². The van der Waals surface area contributed by atoms with Crippen LogP contribution >= 0.6 is 0 Å². The van der Waals surface area contributed by atoms with Gasteiger partial charge >= 0.3 is 0 Å². The summed E-state index contributed by atoms with van der Waals surface area (Å²) in [5.74, 6) is -0.805. The molecule has 150 valence electrons. The average molecular weight is 405 g/mol. The van der Waals surface area contributed by atoms with Crippen molar-refractivity contribution < 1.29 is 17.6 Å². The number of amides is 1. The highest BCUT2D eigenvalue weighted by atomic mass is 32.2. The van der Waals surface area contributed by atoms with E-state index in [2.05, 4.69) is 10.0 Å². The molecule has 0 aromatic heterocycles. The number of nitrogens with one attached hydrogen (secondary N) is 2. The van der Waals surface area contributed by atoms with Crippen LogP contribution in [0.1, 0.15) is 55.3 Å². The zero-order valence-electron chi connectivity index (χ0n) is 15.7. The van der Waals surface area contributed by atoms with Gasteiger partial charge in [-0.15, -0.1) is 0 Å². The molecular formula is C21H25FN2O3S. The minimum Gasteiger partial charge on any atom is -0.349 e. The summed E-state index contributed by atoms with van der Waals surface area (Å²) in [5, 5.41) is 3.05. The normalized spacial score (nSPS) is 16.0. The molecular weight excluding hydrogens is 379 g/mol. The second-order valence-corrected chi connectivity index (χ2v) is 8.80. The van der Waals surface area contributed by atoms with Crippen molar-refractivity contribution >= 4 is 21.6 Å². The molecule has 1 aliphatic carbocycles. The lowest BCUT2D eigenvalue weighted by Gasteiger charge is -2.22. The highest BCUT2D eigenvalue weighted by molar-refractivity contribution is 7.92. The second kappa shape index (κ2) is 9.19. The third-order valence-electron chi connectivity index (χ3n) is 4.98. The van der Waals surface area contributed by atoms with Crippen LogP contribution in [0.5, 0.6) is 0 Å². The van der Waals surface area contributed by atoms with Gasteiger partial charge in [0.05, 0.1) is 16.1 Å². The molecule has 5 nitrogen and oxygen atoms in total. The van der Waals surface area contributed by atoms with Crippen LogP contribution in [-0.4, -0.2) is 20.4 Å². The highest BCUT2D eigenvalue weighted by Crippen LogP contribution is 2.22. The Kier molecular flexibility index (Phi) is 6.67. The van der Waals surface area contributed by atoms with Crippen LogP contribution in [0.15, 0.2) is 53.4 Å². The molecule has 1 aliphatic rings. The van der Waals surface area contributed by atoms with Crippen LogP contribution in [0.25, 0.3) is 0 Å². The topological polar surface area (TPSA) is 75.3 Å². The van der Waals surface area contributed by atoms with Crippen molar-refractivity contribution in [3.63, 3.8) is 0 Å². The molecule has 0 aliphatic heterocycles. The third-order valence-corrected chi connectivity index (χ3v) is 6.36. The Labute approximate surface area is 165 Å². The van der Waals surface area contributed by atoms with Gasteiger partial charge < -0.3 is 5.32 Å². The minimum absolute atomic E-state index is 0.0656. The monoisotopic (exact) mass is 404 g/mol. The van der Waals surface area contributed by atoms with Crippen LogP contribution in [0.4, 0.5) is 10.1 Å². The lowest BCUT2D eigenvalue weighted by Crippen LogP contribution is -2.35. The van der Waals surface area contributed by atoms with E-state index in [9.17, 15) is 17.6 Å². The Morgan fingerprint density at radius 1 is 0.893 bits per heavy atom. The van der Waals surface area contributed by atoms with Gasteiger partial charge in [0, 0.05) is 6.04 Å². The number of benzene rings is 2. The molecule has 2 aromatic carbocycles. The first-order chi connectivity index (χ1) is 13.5. The molecule has 3 rings (SSSR count). The molecule has 0 bridgehead atoms. The van der Waals surface area contributed by atoms with Gasteiger partial charge in [-0.1, -0.05) is 44.2 Å². The smallest absolute Gasteiger partial charge is 0.261 e. The van der Waals surface area contributed by atoms with Crippen LogP contribution < -0.4 is 10.0 Å². The van der Waals surface area contributed by atoms with E-state index in [1.807, 2.05) is 0 Å². The summed E-state index contributed by atoms with van der Waals surface area (Å²) in [6.45, 7) is 0. The largest absolute Gasteiger partial charge is 0.349 e. The van der Waals surface area contributed by atoms with Crippen molar-refractivity contribution in [2.75, 3.05) is 4.72 Å². The number of carbonyl (C=O) groups excluding carboxylic acids is 1. The summed E-state index contributed by atoms with van der Waals surface area (Å²) < 4.78 is 40.7. The Bertz CT molecular complexity index is 906. The molecule has 0 heterocycles. The SMILES string of the molecule is O=C(NC1CCCCCCC1)c1ccccc1NS(=O)(=O)c1ccc(F)cc1. The van der Waals surface area contributed by atoms with E-state index < -0.39 is 15.8 Å². The van der Waals surface area contributed by atoms with E-state index in [0.29, 0.717) is 0 Å². The molecule has 2 aromatic rings. The molecule has 1 saturated carbocycles. The van der Waals surface area contributed by atoms with Crippen molar-refractivity contribution in [3.8, 4) is 0 Å². The van der Waals surface area contributed by atoms with Crippen LogP contribution in [-0.2, 0) is 10.0 Å². The minimum atomic E-state index is -3.93. The standard InChI is InChI=1S/C21H25FN2O3S/c22-16-12-14-18(15-13-16)28(26,27)24-20-11-7-6-10-19(20)21(25)23-17-8-4-2-1-3-5-9-17/h6-7,10-15,17,24H,1-5,8-9H2,(H,23,25). The highest BCUT2D eigenvalue weighted by Gasteiger charge is 2.21. The number of halogens is 1. The van der Waals surface area contributed by atoms with Crippen molar-refractivity contribution in [2.45, 2.75) is 55.9 Å². The van der Waals surface area contributed by atoms with Crippen LogP contribution in [0, 0.1) is 5.82 Å². The molecule has 0 saturated heterocycles. The van der Waals surface area contributed by atoms with E-state index in [4.69, 9.17) is 0 Å². The average Bonchev–Trinajstić information content (AvgIpc) is 2.64. The summed E-state index contributed by atoms with van der Waals surface area (Å²) >= 11 is 0. The maximum Gasteiger partial charge on any atom is 0.261 e. The lowest BCUT2D eigenvalue weighted by atomic mass is 9.96. The van der Waals surface area contributed by atoms with Gasteiger partial charge in [-0.05, 0) is 49.2 Å². The zero-order chi connectivity index (χ0) is 20.0. The van der Waals surface area contributed by atoms with E-state index in [0.717, 1.165) is 37.8 Å². The summed E-state index contributed by atoms with van der Waals surface area (Å²) in [6.07, 6.45) is 7.66. The maximum atomic E-state index is 13.1. The van der Waals surface area contributed by atoms with Crippen LogP contribution in [0.3, 0.4) is 0 Å². The Hall–Kier alpha value is -2.41. The molecule has 0 radical (unpaired) electrons. The van der Waals surface area contributed by atoms with Gasteiger partial charge in [0.1, 0.15) is 5.82 Å². The first-order valence-corrected chi connectivity index (χ1v) is 11.1. The second-order valence-electron chi connectivity index (χ2n) is 7.12. The molecule has 1 fully saturated rings. The van der Waals surface area contributed by atoms with E-state index >= 15 is 0 Å². The molecule has 0 unspecified atom stereocenters. The Morgan fingerprint density at radius 3 is 2.18 bits per heavy atom. The fourth-order valence-electron chi connectivity index (χ4n) is 3.45. The Balaban J connectivity index is 1.76. The van der Waals surface area contributed by atoms with Gasteiger partial charge in [-0.2, -0.15) is 0 Å². The number of sulfonamides is 1. The summed E-state index contributed by atoms with van der Waals surface area (Å²) in [7, 11) is -3.93. The molecule has 0 spiro atoms. The van der Waals surface area contributed by atoms with Crippen molar-refractivity contribution in [2.24, 2.45) is 0 Å². The molecule has 7 heteroatoms. The van der Waals surface area contributed by atoms with E-state index in [1.165, 1.54) is 31.4 Å². The number of para-hydroxylation sites is 1. The first kappa shape index (κ1) is 20.3. The van der Waals surface area contributed by atoms with Crippen LogP contribution in [0.2, 0.25) is 0 Å². The zero-order valence-corrected chi connectivity index (χ0v) is 16.5. The number of hydrogen-bond donors (Lipinski definition) is 2. The summed E-state index contributed by atoms with van der Waals surface area (Å²) in [6, 6.07) is 11.2. The third kappa shape index (κ3) is 5.32. The predicted octanol–water partition coefficient (Wildman–Crippen LogP) is 4.47. The van der Waals surface area contributed by atoms with Gasteiger partial charge in [0.15, 0.2) is 0 Å². The number of hydrogen-bond acceptors (Lipinski definition) is 3. The molecule has 2 N–H and O–H groups in total. The maximum absolute atomic E-state index is 13.1. The number of carbonyl (C=O) groups is 1. The predicted molar refractivity (Wildman–Crippen MR) is 107 cm³/mol. The first-order valence-electron chi connectivity index (χ1n) is 9.64. The van der Waals surface area contributed by atoms with Gasteiger partial charge in [0.25, 0.3) is 15.9 Å². The molecule has 0 atom stereocenters. The quantitative estimate of drug-likeness (QED) is 0.772. The number of anilines is 1. The number of rotatable bonds is 5. The van der Waals surface area contributed by atoms with Crippen molar-refractivity contribution in [3.05, 3.63) is 59.9 Å².